The van der Waals surface area contributed by atoms with Crippen LogP contribution in [0.3, 0.4) is 0 Å². The zero-order chi connectivity index (χ0) is 22.8. The molecule has 0 unspecified atom stereocenters. The van der Waals surface area contributed by atoms with Crippen LogP contribution in [0.5, 0.6) is 0 Å². The molecule has 0 aliphatic heterocycles. The van der Waals surface area contributed by atoms with E-state index in [1.807, 2.05) is 0 Å². The minimum atomic E-state index is -4.51. The van der Waals surface area contributed by atoms with Gasteiger partial charge in [0, 0.05) is 26.3 Å². The minimum Gasteiger partial charge on any atom is -0.336 e. The molecule has 1 aromatic heterocycles. The summed E-state index contributed by atoms with van der Waals surface area (Å²) >= 11 is 0. The quantitative estimate of drug-likeness (QED) is 0.593. The molecule has 9 nitrogen and oxygen atoms in total. The number of carbonyl (C=O) groups excluding carboxylic acids is 1. The van der Waals surface area contributed by atoms with E-state index in [1.165, 1.54) is 43.0 Å². The second kappa shape index (κ2) is 8.51. The second-order valence-electron chi connectivity index (χ2n) is 6.71. The molecule has 0 saturated heterocycles. The van der Waals surface area contributed by atoms with E-state index in [9.17, 15) is 26.4 Å². The number of hydrogen-bond donors (Lipinski definition) is 2. The Bertz CT molecular complexity index is 1210. The average Bonchev–Trinajstić information content (AvgIpc) is 3.10. The highest BCUT2D eigenvalue weighted by atomic mass is 32.2. The Labute approximate surface area is 175 Å². The number of benzene rings is 2. The van der Waals surface area contributed by atoms with E-state index in [2.05, 4.69) is 20.9 Å². The molecular weight excluding hydrogens is 437 g/mol. The molecule has 0 bridgehead atoms. The van der Waals surface area contributed by atoms with Gasteiger partial charge in [0.2, 0.25) is 10.0 Å². The summed E-state index contributed by atoms with van der Waals surface area (Å²) in [6.07, 6.45) is -4.51. The SMILES string of the molecule is CN(C)S(=O)(=O)c1ccc2c(c1)nnn2CCNC(=O)Nc1cccc(C(F)(F)F)c1. The van der Waals surface area contributed by atoms with Gasteiger partial charge in [-0.1, -0.05) is 11.3 Å². The first-order valence-corrected chi connectivity index (χ1v) is 10.4. The first kappa shape index (κ1) is 22.5. The van der Waals surface area contributed by atoms with Gasteiger partial charge in [-0.2, -0.15) is 13.2 Å². The number of carbonyl (C=O) groups is 1. The highest BCUT2D eigenvalue weighted by Gasteiger charge is 2.30. The lowest BCUT2D eigenvalue weighted by molar-refractivity contribution is -0.137. The number of nitrogens with zero attached hydrogens (tertiary/aromatic N) is 4. The number of aromatic nitrogens is 3. The Balaban J connectivity index is 1.61. The molecule has 2 N–H and O–H groups in total. The molecule has 1 heterocycles. The third kappa shape index (κ3) is 5.11. The fraction of sp³-hybridized carbons (Fsp3) is 0.278. The lowest BCUT2D eigenvalue weighted by Gasteiger charge is -2.11. The molecule has 0 atom stereocenters. The van der Waals surface area contributed by atoms with E-state index in [1.54, 1.807) is 6.07 Å². The summed E-state index contributed by atoms with van der Waals surface area (Å²) in [6, 6.07) is 8.02. The van der Waals surface area contributed by atoms with Crippen LogP contribution in [0, 0.1) is 0 Å². The lowest BCUT2D eigenvalue weighted by Crippen LogP contribution is -2.31. The standard InChI is InChI=1S/C18H19F3N6O3S/c1-26(2)31(29,30)14-6-7-16-15(11-14)24-25-27(16)9-8-22-17(28)23-13-5-3-4-12(10-13)18(19,20)21/h3-7,10-11H,8-9H2,1-2H3,(H2,22,23,28). The zero-order valence-corrected chi connectivity index (χ0v) is 17.3. The Morgan fingerprint density at radius 1 is 1.16 bits per heavy atom. The number of urea groups is 1. The highest BCUT2D eigenvalue weighted by Crippen LogP contribution is 2.30. The molecule has 0 fully saturated rings. The first-order chi connectivity index (χ1) is 14.5. The fourth-order valence-electron chi connectivity index (χ4n) is 2.71. The third-order valence-corrected chi connectivity index (χ3v) is 6.13. The fourth-order valence-corrected chi connectivity index (χ4v) is 3.63. The Morgan fingerprint density at radius 3 is 2.58 bits per heavy atom. The van der Waals surface area contributed by atoms with Crippen LogP contribution in [0.15, 0.2) is 47.4 Å². The molecule has 2 amide bonds. The van der Waals surface area contributed by atoms with Crippen molar-refractivity contribution in [1.82, 2.24) is 24.6 Å². The summed E-state index contributed by atoms with van der Waals surface area (Å²) in [6.45, 7) is 0.327. The van der Waals surface area contributed by atoms with E-state index in [0.29, 0.717) is 11.0 Å². The van der Waals surface area contributed by atoms with Crippen LogP contribution < -0.4 is 10.6 Å². The molecule has 0 aliphatic rings. The summed E-state index contributed by atoms with van der Waals surface area (Å²) in [5.74, 6) is 0. The second-order valence-corrected chi connectivity index (χ2v) is 8.86. The number of hydrogen-bond acceptors (Lipinski definition) is 5. The van der Waals surface area contributed by atoms with Gasteiger partial charge >= 0.3 is 12.2 Å². The number of alkyl halides is 3. The van der Waals surface area contributed by atoms with Crippen molar-refractivity contribution in [3.63, 3.8) is 0 Å². The Hall–Kier alpha value is -3.19. The summed E-state index contributed by atoms with van der Waals surface area (Å²) in [7, 11) is -0.763. The number of nitrogens with one attached hydrogen (secondary N) is 2. The van der Waals surface area contributed by atoms with Gasteiger partial charge < -0.3 is 10.6 Å². The Morgan fingerprint density at radius 2 is 1.90 bits per heavy atom. The molecule has 13 heteroatoms. The van der Waals surface area contributed by atoms with Crippen LogP contribution in [-0.2, 0) is 22.7 Å². The predicted octanol–water partition coefficient (Wildman–Crippen LogP) is 2.52. The molecule has 0 saturated carbocycles. The highest BCUT2D eigenvalue weighted by molar-refractivity contribution is 7.89. The third-order valence-electron chi connectivity index (χ3n) is 4.32. The van der Waals surface area contributed by atoms with Crippen molar-refractivity contribution in [1.29, 1.82) is 0 Å². The van der Waals surface area contributed by atoms with Crippen LogP contribution in [0.1, 0.15) is 5.56 Å². The van der Waals surface area contributed by atoms with Crippen molar-refractivity contribution < 1.29 is 26.4 Å². The van der Waals surface area contributed by atoms with Gasteiger partial charge in [0.05, 0.1) is 22.5 Å². The largest absolute Gasteiger partial charge is 0.416 e. The van der Waals surface area contributed by atoms with Crippen molar-refractivity contribution in [3.05, 3.63) is 48.0 Å². The molecule has 166 valence electrons. The van der Waals surface area contributed by atoms with Crippen molar-refractivity contribution >= 4 is 32.8 Å². The Kier molecular flexibility index (Phi) is 6.18. The summed E-state index contributed by atoms with van der Waals surface area (Å²) in [4.78, 5) is 12.0. The van der Waals surface area contributed by atoms with Gasteiger partial charge in [-0.25, -0.2) is 22.2 Å². The molecule has 3 rings (SSSR count). The summed E-state index contributed by atoms with van der Waals surface area (Å²) in [5, 5.41) is 12.7. The number of rotatable bonds is 6. The number of anilines is 1. The molecule has 0 radical (unpaired) electrons. The normalized spacial score (nSPS) is 12.3. The van der Waals surface area contributed by atoms with Gasteiger partial charge in [0.1, 0.15) is 5.52 Å². The van der Waals surface area contributed by atoms with E-state index < -0.39 is 27.8 Å². The van der Waals surface area contributed by atoms with Crippen LogP contribution in [0.2, 0.25) is 0 Å². The number of amides is 2. The summed E-state index contributed by atoms with van der Waals surface area (Å²) < 4.78 is 65.2. The summed E-state index contributed by atoms with van der Waals surface area (Å²) in [5.41, 5.74) is 0.0809. The maximum atomic E-state index is 12.7. The lowest BCUT2D eigenvalue weighted by atomic mass is 10.2. The maximum Gasteiger partial charge on any atom is 0.416 e. The van der Waals surface area contributed by atoms with E-state index >= 15 is 0 Å². The van der Waals surface area contributed by atoms with Crippen LogP contribution in [0.4, 0.5) is 23.7 Å². The average molecular weight is 456 g/mol. The maximum absolute atomic E-state index is 12.7. The first-order valence-electron chi connectivity index (χ1n) is 8.96. The van der Waals surface area contributed by atoms with E-state index in [-0.39, 0.29) is 23.7 Å². The smallest absolute Gasteiger partial charge is 0.336 e. The number of fused-ring (bicyclic) bond motifs is 1. The topological polar surface area (TPSA) is 109 Å². The molecule has 2 aromatic carbocycles. The van der Waals surface area contributed by atoms with Crippen molar-refractivity contribution in [2.45, 2.75) is 17.6 Å². The van der Waals surface area contributed by atoms with Crippen LogP contribution >= 0.6 is 0 Å². The molecule has 3 aromatic rings. The minimum absolute atomic E-state index is 0.00756. The zero-order valence-electron chi connectivity index (χ0n) is 16.5. The molecule has 0 aliphatic carbocycles. The van der Waals surface area contributed by atoms with Crippen molar-refractivity contribution in [2.24, 2.45) is 0 Å². The van der Waals surface area contributed by atoms with E-state index in [0.717, 1.165) is 16.4 Å². The van der Waals surface area contributed by atoms with Gasteiger partial charge in [0.15, 0.2) is 0 Å². The van der Waals surface area contributed by atoms with Gasteiger partial charge in [-0.3, -0.25) is 0 Å². The predicted molar refractivity (Wildman–Crippen MR) is 107 cm³/mol. The molecule has 0 spiro atoms. The number of sulfonamides is 1. The molecule has 31 heavy (non-hydrogen) atoms. The van der Waals surface area contributed by atoms with Crippen LogP contribution in [0.25, 0.3) is 11.0 Å². The van der Waals surface area contributed by atoms with Gasteiger partial charge in [0.25, 0.3) is 0 Å². The van der Waals surface area contributed by atoms with Crippen molar-refractivity contribution in [2.75, 3.05) is 26.0 Å². The van der Waals surface area contributed by atoms with Gasteiger partial charge in [-0.15, -0.1) is 5.10 Å². The van der Waals surface area contributed by atoms with E-state index in [4.69, 9.17) is 0 Å². The monoisotopic (exact) mass is 456 g/mol. The van der Waals surface area contributed by atoms with Crippen LogP contribution in [-0.4, -0.2) is 54.4 Å². The van der Waals surface area contributed by atoms with Crippen molar-refractivity contribution in [3.8, 4) is 0 Å². The number of halogens is 3. The van der Waals surface area contributed by atoms with Gasteiger partial charge in [-0.05, 0) is 36.4 Å². The molecular formula is C18H19F3N6O3S.